The smallest absolute Gasteiger partial charge is 0.359 e. The molecule has 0 spiro atoms. The lowest BCUT2D eigenvalue weighted by Gasteiger charge is -2.29. The van der Waals surface area contributed by atoms with Crippen molar-refractivity contribution in [3.63, 3.8) is 0 Å². The zero-order valence-electron chi connectivity index (χ0n) is 19.7. The highest BCUT2D eigenvalue weighted by atomic mass is 16.8. The molecule has 12 heteroatoms. The second-order valence-electron chi connectivity index (χ2n) is 8.48. The molecular formula is C22H28N6O6. The first-order valence-electron chi connectivity index (χ1n) is 11.4. The van der Waals surface area contributed by atoms with Gasteiger partial charge in [-0.3, -0.25) is 0 Å². The fraction of sp³-hybridized carbons (Fsp3) is 0.545. The molecule has 0 aromatic carbocycles. The summed E-state index contributed by atoms with van der Waals surface area (Å²) in [6.07, 6.45) is 5.27. The highest BCUT2D eigenvalue weighted by Gasteiger charge is 2.31. The zero-order valence-corrected chi connectivity index (χ0v) is 19.7. The van der Waals surface area contributed by atoms with Gasteiger partial charge in [-0.25, -0.2) is 9.59 Å². The van der Waals surface area contributed by atoms with E-state index >= 15 is 0 Å². The fourth-order valence-electron chi connectivity index (χ4n) is 3.83. The highest BCUT2D eigenvalue weighted by molar-refractivity contribution is 6.29. The van der Waals surface area contributed by atoms with Crippen molar-refractivity contribution < 1.29 is 28.3 Å². The average molecular weight is 473 g/mol. The van der Waals surface area contributed by atoms with Crippen molar-refractivity contribution in [1.29, 1.82) is 0 Å². The van der Waals surface area contributed by atoms with E-state index in [0.717, 1.165) is 11.1 Å². The quantitative estimate of drug-likeness (QED) is 0.567. The third-order valence-corrected chi connectivity index (χ3v) is 5.36. The molecule has 4 heterocycles. The molecule has 2 aliphatic heterocycles. The van der Waals surface area contributed by atoms with E-state index < -0.39 is 11.9 Å². The first kappa shape index (κ1) is 23.8. The summed E-state index contributed by atoms with van der Waals surface area (Å²) in [6, 6.07) is 0. The molecule has 2 atom stereocenters. The van der Waals surface area contributed by atoms with Crippen LogP contribution in [0.1, 0.15) is 51.1 Å². The standard InChI is InChI=1S/C22H28N6O6/c1-5-17-23-19(31-25-17)15-7-13(3)9-27(11-15)33-21(29)22(30)34-28-10-14(4)8-16(12-28)20-24-18(6-2)26-32-20/h7-8,13-14H,5-6,9-12H2,1-4H3/t13-,14-/m0/s1. The number of hydroxylamine groups is 4. The molecule has 34 heavy (non-hydrogen) atoms. The van der Waals surface area contributed by atoms with Gasteiger partial charge in [0.25, 0.3) is 11.8 Å². The third kappa shape index (κ3) is 5.57. The van der Waals surface area contributed by atoms with Crippen LogP contribution in [0.15, 0.2) is 21.2 Å². The largest absolute Gasteiger partial charge is 0.438 e. The molecule has 0 bridgehead atoms. The number of rotatable bonds is 6. The van der Waals surface area contributed by atoms with Gasteiger partial charge in [-0.2, -0.15) is 9.97 Å². The van der Waals surface area contributed by atoms with E-state index in [9.17, 15) is 9.59 Å². The zero-order chi connectivity index (χ0) is 24.2. The van der Waals surface area contributed by atoms with Crippen LogP contribution in [0.3, 0.4) is 0 Å². The first-order valence-corrected chi connectivity index (χ1v) is 11.4. The Bertz CT molecular complexity index is 1020. The molecule has 0 saturated heterocycles. The van der Waals surface area contributed by atoms with E-state index in [2.05, 4.69) is 20.3 Å². The van der Waals surface area contributed by atoms with E-state index in [-0.39, 0.29) is 24.9 Å². The Morgan fingerprint density at radius 2 is 1.26 bits per heavy atom. The van der Waals surface area contributed by atoms with E-state index in [1.165, 1.54) is 10.1 Å². The van der Waals surface area contributed by atoms with Crippen LogP contribution in [0.2, 0.25) is 0 Å². The molecule has 2 aromatic rings. The van der Waals surface area contributed by atoms with E-state index in [4.69, 9.17) is 18.7 Å². The van der Waals surface area contributed by atoms with Gasteiger partial charge in [-0.15, -0.1) is 10.1 Å². The van der Waals surface area contributed by atoms with Crippen LogP contribution >= 0.6 is 0 Å². The van der Waals surface area contributed by atoms with Gasteiger partial charge in [-0.1, -0.05) is 50.2 Å². The van der Waals surface area contributed by atoms with Gasteiger partial charge >= 0.3 is 11.9 Å². The van der Waals surface area contributed by atoms with E-state index in [1.54, 1.807) is 0 Å². The van der Waals surface area contributed by atoms with Crippen molar-refractivity contribution in [2.24, 2.45) is 11.8 Å². The lowest BCUT2D eigenvalue weighted by Crippen LogP contribution is -2.41. The van der Waals surface area contributed by atoms with Crippen molar-refractivity contribution in [3.05, 3.63) is 35.6 Å². The molecule has 4 rings (SSSR count). The van der Waals surface area contributed by atoms with Gasteiger partial charge in [0.1, 0.15) is 0 Å². The van der Waals surface area contributed by atoms with Crippen LogP contribution < -0.4 is 0 Å². The number of carbonyl (C=O) groups excluding carboxylic acids is 2. The Hall–Kier alpha value is -3.38. The van der Waals surface area contributed by atoms with Crippen LogP contribution in [0.5, 0.6) is 0 Å². The highest BCUT2D eigenvalue weighted by Crippen LogP contribution is 2.24. The fourth-order valence-corrected chi connectivity index (χ4v) is 3.83. The van der Waals surface area contributed by atoms with Crippen LogP contribution in [-0.4, -0.2) is 68.5 Å². The summed E-state index contributed by atoms with van der Waals surface area (Å²) in [6.45, 7) is 9.05. The Labute approximate surface area is 196 Å². The van der Waals surface area contributed by atoms with Gasteiger partial charge in [0.2, 0.25) is 0 Å². The first-order chi connectivity index (χ1) is 16.3. The lowest BCUT2D eigenvalue weighted by atomic mass is 10.0. The molecule has 0 saturated carbocycles. The summed E-state index contributed by atoms with van der Waals surface area (Å²) in [4.78, 5) is 44.2. The molecule has 2 aliphatic rings. The topological polar surface area (TPSA) is 137 Å². The van der Waals surface area contributed by atoms with Crippen LogP contribution in [-0.2, 0) is 32.1 Å². The van der Waals surface area contributed by atoms with Gasteiger partial charge in [0.15, 0.2) is 11.6 Å². The molecule has 2 aromatic heterocycles. The van der Waals surface area contributed by atoms with Crippen LogP contribution in [0.25, 0.3) is 11.1 Å². The van der Waals surface area contributed by atoms with E-state index in [1.807, 2.05) is 39.8 Å². The summed E-state index contributed by atoms with van der Waals surface area (Å²) in [5.74, 6) is -0.188. The predicted molar refractivity (Wildman–Crippen MR) is 117 cm³/mol. The maximum absolute atomic E-state index is 12.5. The number of hydrogen-bond donors (Lipinski definition) is 0. The average Bonchev–Trinajstić information content (AvgIpc) is 3.48. The summed E-state index contributed by atoms with van der Waals surface area (Å²) in [7, 11) is 0. The Morgan fingerprint density at radius 1 is 0.853 bits per heavy atom. The monoisotopic (exact) mass is 472 g/mol. The molecular weight excluding hydrogens is 444 g/mol. The third-order valence-electron chi connectivity index (χ3n) is 5.36. The van der Waals surface area contributed by atoms with Gasteiger partial charge in [0.05, 0.1) is 13.1 Å². The minimum Gasteiger partial charge on any atom is -0.359 e. The van der Waals surface area contributed by atoms with Gasteiger partial charge in [0, 0.05) is 37.1 Å². The van der Waals surface area contributed by atoms with Crippen molar-refractivity contribution in [2.45, 2.75) is 40.5 Å². The van der Waals surface area contributed by atoms with Crippen molar-refractivity contribution >= 4 is 23.1 Å². The molecule has 12 nitrogen and oxygen atoms in total. The van der Waals surface area contributed by atoms with Crippen LogP contribution in [0.4, 0.5) is 0 Å². The summed E-state index contributed by atoms with van der Waals surface area (Å²) < 4.78 is 10.6. The minimum atomic E-state index is -1.11. The number of nitrogens with zero attached hydrogens (tertiary/aromatic N) is 6. The molecule has 0 amide bonds. The van der Waals surface area contributed by atoms with Gasteiger partial charge < -0.3 is 18.7 Å². The molecule has 0 aliphatic carbocycles. The number of hydrogen-bond acceptors (Lipinski definition) is 12. The molecule has 0 radical (unpaired) electrons. The number of carbonyl (C=O) groups is 2. The Morgan fingerprint density at radius 3 is 1.62 bits per heavy atom. The lowest BCUT2D eigenvalue weighted by molar-refractivity contribution is -0.217. The Balaban J connectivity index is 1.34. The van der Waals surface area contributed by atoms with Crippen molar-refractivity contribution in [3.8, 4) is 0 Å². The normalized spacial score (nSPS) is 21.6. The maximum Gasteiger partial charge on any atom is 0.438 e. The number of aromatic nitrogens is 4. The predicted octanol–water partition coefficient (Wildman–Crippen LogP) is 1.86. The Kier molecular flexibility index (Phi) is 7.17. The van der Waals surface area contributed by atoms with Crippen molar-refractivity contribution in [1.82, 2.24) is 30.4 Å². The minimum absolute atomic E-state index is 0.0441. The van der Waals surface area contributed by atoms with Gasteiger partial charge in [-0.05, 0) is 11.8 Å². The summed E-state index contributed by atoms with van der Waals surface area (Å²) in [5.41, 5.74) is 1.47. The second-order valence-corrected chi connectivity index (χ2v) is 8.48. The molecule has 182 valence electrons. The maximum atomic E-state index is 12.5. The van der Waals surface area contributed by atoms with E-state index in [0.29, 0.717) is 49.4 Å². The van der Waals surface area contributed by atoms with Crippen LogP contribution in [0, 0.1) is 11.8 Å². The molecule has 0 fully saturated rings. The summed E-state index contributed by atoms with van der Waals surface area (Å²) >= 11 is 0. The molecule has 0 unspecified atom stereocenters. The SMILES string of the molecule is CCc1noc(C2=C[C@H](C)CN(OC(=O)C(=O)ON3CC(c4nc(CC)no4)=C[C@H](C)C3)C2)n1. The number of aryl methyl sites for hydroxylation is 2. The molecule has 0 N–H and O–H groups in total. The van der Waals surface area contributed by atoms with Crippen molar-refractivity contribution in [2.75, 3.05) is 26.2 Å². The second kappa shape index (κ2) is 10.3. The summed E-state index contributed by atoms with van der Waals surface area (Å²) in [5, 5.41) is 10.6.